The molecule has 1 N–H and O–H groups in total. The molecule has 1 saturated heterocycles. The summed E-state index contributed by atoms with van der Waals surface area (Å²) >= 11 is 0. The second-order valence-corrected chi connectivity index (χ2v) is 5.40. The summed E-state index contributed by atoms with van der Waals surface area (Å²) < 4.78 is 0. The van der Waals surface area contributed by atoms with Crippen molar-refractivity contribution in [2.45, 2.75) is 19.8 Å². The first-order chi connectivity index (χ1) is 9.06. The molecule has 0 amide bonds. The second-order valence-electron chi connectivity index (χ2n) is 5.40. The van der Waals surface area contributed by atoms with Gasteiger partial charge in [0.15, 0.2) is 0 Å². The molecule has 19 heavy (non-hydrogen) atoms. The molecule has 4 nitrogen and oxygen atoms in total. The van der Waals surface area contributed by atoms with Gasteiger partial charge in [-0.15, -0.1) is 0 Å². The third kappa shape index (κ3) is 3.70. The van der Waals surface area contributed by atoms with Crippen molar-refractivity contribution in [2.75, 3.05) is 37.6 Å². The maximum atomic E-state index is 10.7. The van der Waals surface area contributed by atoms with Crippen LogP contribution in [0.15, 0.2) is 24.3 Å². The number of carbonyl (C=O) groups is 1. The van der Waals surface area contributed by atoms with E-state index in [0.717, 1.165) is 26.2 Å². The Morgan fingerprint density at radius 2 is 1.74 bits per heavy atom. The van der Waals surface area contributed by atoms with Crippen LogP contribution in [0.2, 0.25) is 0 Å². The quantitative estimate of drug-likeness (QED) is 0.901. The van der Waals surface area contributed by atoms with Crippen LogP contribution in [0.5, 0.6) is 0 Å². The number of nitrogens with zero attached hydrogens (tertiary/aromatic N) is 2. The summed E-state index contributed by atoms with van der Waals surface area (Å²) in [5.74, 6) is -0.184. The fraction of sp³-hybridized carbons (Fsp3) is 0.533. The van der Waals surface area contributed by atoms with Crippen molar-refractivity contribution in [3.8, 4) is 0 Å². The smallest absolute Gasteiger partial charge is 0.317 e. The number of hydrogen-bond acceptors (Lipinski definition) is 3. The Morgan fingerprint density at radius 3 is 2.21 bits per heavy atom. The van der Waals surface area contributed by atoms with E-state index in [-0.39, 0.29) is 6.54 Å². The van der Waals surface area contributed by atoms with Gasteiger partial charge in [0.05, 0.1) is 6.54 Å². The van der Waals surface area contributed by atoms with Crippen molar-refractivity contribution in [1.82, 2.24) is 4.90 Å². The second kappa shape index (κ2) is 6.06. The maximum absolute atomic E-state index is 10.7. The van der Waals surface area contributed by atoms with E-state index in [1.54, 1.807) is 0 Å². The maximum Gasteiger partial charge on any atom is 0.317 e. The van der Waals surface area contributed by atoms with Gasteiger partial charge in [0, 0.05) is 31.9 Å². The Balaban J connectivity index is 1.92. The number of carboxylic acids is 1. The van der Waals surface area contributed by atoms with Crippen LogP contribution in [-0.4, -0.2) is 48.7 Å². The van der Waals surface area contributed by atoms with Crippen molar-refractivity contribution < 1.29 is 9.90 Å². The summed E-state index contributed by atoms with van der Waals surface area (Å²) in [4.78, 5) is 15.0. The monoisotopic (exact) mass is 262 g/mol. The molecule has 0 atom stereocenters. The minimum Gasteiger partial charge on any atom is -0.480 e. The molecule has 0 aliphatic carbocycles. The molecule has 1 aromatic rings. The lowest BCUT2D eigenvalue weighted by Gasteiger charge is -2.35. The fourth-order valence-electron chi connectivity index (χ4n) is 2.43. The summed E-state index contributed by atoms with van der Waals surface area (Å²) in [6.45, 7) is 7.97. The van der Waals surface area contributed by atoms with Crippen LogP contribution in [0, 0.1) is 0 Å². The van der Waals surface area contributed by atoms with Crippen LogP contribution in [0.25, 0.3) is 0 Å². The predicted molar refractivity (Wildman–Crippen MR) is 76.8 cm³/mol. The van der Waals surface area contributed by atoms with Gasteiger partial charge in [0.2, 0.25) is 0 Å². The lowest BCUT2D eigenvalue weighted by molar-refractivity contribution is -0.138. The molecule has 1 fully saturated rings. The molecule has 1 aliphatic heterocycles. The number of piperazine rings is 1. The van der Waals surface area contributed by atoms with E-state index in [4.69, 9.17) is 5.11 Å². The van der Waals surface area contributed by atoms with Gasteiger partial charge in [-0.2, -0.15) is 0 Å². The zero-order valence-corrected chi connectivity index (χ0v) is 11.7. The van der Waals surface area contributed by atoms with Crippen LogP contribution in [-0.2, 0) is 4.79 Å². The summed E-state index contributed by atoms with van der Waals surface area (Å²) in [5.41, 5.74) is 2.59. The van der Waals surface area contributed by atoms with Gasteiger partial charge in [0.25, 0.3) is 0 Å². The number of anilines is 1. The highest BCUT2D eigenvalue weighted by atomic mass is 16.4. The molecule has 0 aromatic heterocycles. The number of benzene rings is 1. The number of rotatable bonds is 4. The van der Waals surface area contributed by atoms with Crippen molar-refractivity contribution in [3.63, 3.8) is 0 Å². The Hall–Kier alpha value is -1.55. The van der Waals surface area contributed by atoms with Crippen molar-refractivity contribution in [1.29, 1.82) is 0 Å². The molecule has 2 rings (SSSR count). The first-order valence-electron chi connectivity index (χ1n) is 6.85. The van der Waals surface area contributed by atoms with E-state index >= 15 is 0 Å². The van der Waals surface area contributed by atoms with Crippen LogP contribution in [0.3, 0.4) is 0 Å². The highest BCUT2D eigenvalue weighted by Crippen LogP contribution is 2.21. The fourth-order valence-corrected chi connectivity index (χ4v) is 2.43. The average molecular weight is 262 g/mol. The molecule has 1 aliphatic rings. The first kappa shape index (κ1) is 13.9. The van der Waals surface area contributed by atoms with E-state index in [9.17, 15) is 4.79 Å². The van der Waals surface area contributed by atoms with Gasteiger partial charge in [-0.05, 0) is 23.6 Å². The normalized spacial score (nSPS) is 16.9. The molecule has 0 saturated carbocycles. The van der Waals surface area contributed by atoms with Gasteiger partial charge in [-0.25, -0.2) is 0 Å². The van der Waals surface area contributed by atoms with Crippen LogP contribution >= 0.6 is 0 Å². The third-order valence-electron chi connectivity index (χ3n) is 3.66. The summed E-state index contributed by atoms with van der Waals surface area (Å²) in [5, 5.41) is 8.78. The number of hydrogen-bond donors (Lipinski definition) is 1. The van der Waals surface area contributed by atoms with E-state index in [0.29, 0.717) is 5.92 Å². The van der Waals surface area contributed by atoms with Gasteiger partial charge in [-0.3, -0.25) is 9.69 Å². The molecule has 1 heterocycles. The standard InChI is InChI=1S/C15H22N2O2/c1-12(2)13-3-5-14(6-4-13)17-9-7-16(8-10-17)11-15(18)19/h3-6,12H,7-11H2,1-2H3,(H,18,19). The van der Waals surface area contributed by atoms with E-state index in [1.807, 2.05) is 4.90 Å². The van der Waals surface area contributed by atoms with Gasteiger partial charge >= 0.3 is 5.97 Å². The van der Waals surface area contributed by atoms with Crippen molar-refractivity contribution >= 4 is 11.7 Å². The van der Waals surface area contributed by atoms with Crippen molar-refractivity contribution in [3.05, 3.63) is 29.8 Å². The summed E-state index contributed by atoms with van der Waals surface area (Å²) in [7, 11) is 0. The molecule has 0 radical (unpaired) electrons. The van der Waals surface area contributed by atoms with Gasteiger partial charge in [0.1, 0.15) is 0 Å². The SMILES string of the molecule is CC(C)c1ccc(N2CCN(CC(=O)O)CC2)cc1. The van der Waals surface area contributed by atoms with E-state index in [2.05, 4.69) is 43.0 Å². The molecular formula is C15H22N2O2. The minimum absolute atomic E-state index is 0.153. The van der Waals surface area contributed by atoms with E-state index in [1.165, 1.54) is 11.3 Å². The van der Waals surface area contributed by atoms with Crippen LogP contribution in [0.4, 0.5) is 5.69 Å². The molecule has 1 aromatic carbocycles. The van der Waals surface area contributed by atoms with Gasteiger partial charge in [-0.1, -0.05) is 26.0 Å². The Morgan fingerprint density at radius 1 is 1.16 bits per heavy atom. The van der Waals surface area contributed by atoms with Gasteiger partial charge < -0.3 is 10.0 Å². The largest absolute Gasteiger partial charge is 0.480 e. The number of aliphatic carboxylic acids is 1. The Bertz CT molecular complexity index is 420. The Labute approximate surface area is 114 Å². The summed E-state index contributed by atoms with van der Waals surface area (Å²) in [6.07, 6.45) is 0. The average Bonchev–Trinajstić information content (AvgIpc) is 2.39. The zero-order valence-electron chi connectivity index (χ0n) is 11.7. The minimum atomic E-state index is -0.741. The highest BCUT2D eigenvalue weighted by Gasteiger charge is 2.18. The topological polar surface area (TPSA) is 43.8 Å². The Kier molecular flexibility index (Phi) is 4.43. The highest BCUT2D eigenvalue weighted by molar-refractivity contribution is 5.69. The first-order valence-corrected chi connectivity index (χ1v) is 6.85. The number of carboxylic acid groups (broad SMARTS) is 1. The molecule has 104 valence electrons. The zero-order chi connectivity index (χ0) is 13.8. The van der Waals surface area contributed by atoms with Crippen LogP contribution < -0.4 is 4.90 Å². The van der Waals surface area contributed by atoms with Crippen LogP contribution in [0.1, 0.15) is 25.3 Å². The predicted octanol–water partition coefficient (Wildman–Crippen LogP) is 2.02. The molecule has 0 unspecified atom stereocenters. The van der Waals surface area contributed by atoms with Crippen molar-refractivity contribution in [2.24, 2.45) is 0 Å². The lowest BCUT2D eigenvalue weighted by atomic mass is 10.0. The third-order valence-corrected chi connectivity index (χ3v) is 3.66. The van der Waals surface area contributed by atoms with E-state index < -0.39 is 5.97 Å². The molecule has 4 heteroatoms. The molecular weight excluding hydrogens is 240 g/mol. The molecule has 0 bridgehead atoms. The lowest BCUT2D eigenvalue weighted by Crippen LogP contribution is -2.47. The molecule has 0 spiro atoms. The summed E-state index contributed by atoms with van der Waals surface area (Å²) in [6, 6.07) is 8.71.